The minimum absolute atomic E-state index is 0.0170. The van der Waals surface area contributed by atoms with Crippen LogP contribution in [0.3, 0.4) is 0 Å². The molecule has 3 aromatic carbocycles. The number of benzene rings is 3. The van der Waals surface area contributed by atoms with Gasteiger partial charge in [0.1, 0.15) is 0 Å². The number of hydrogen-bond donors (Lipinski definition) is 0. The van der Waals surface area contributed by atoms with Crippen molar-refractivity contribution < 1.29 is 31.1 Å². The van der Waals surface area contributed by atoms with Crippen LogP contribution in [0.1, 0.15) is 33.9 Å². The zero-order valence-electron chi connectivity index (χ0n) is 19.6. The van der Waals surface area contributed by atoms with Crippen molar-refractivity contribution in [1.82, 2.24) is 9.80 Å². The first kappa shape index (κ1) is 26.5. The highest BCUT2D eigenvalue weighted by Crippen LogP contribution is 2.38. The molecule has 37 heavy (non-hydrogen) atoms. The minimum Gasteiger partial charge on any atom is -0.337 e. The maximum Gasteiger partial charge on any atom is 0.417 e. The molecule has 3 nitrogen and oxygen atoms in total. The van der Waals surface area contributed by atoms with Crippen LogP contribution in [0.25, 0.3) is 6.08 Å². The topological polar surface area (TPSA) is 23.6 Å². The molecular formula is C28H24F6N2O. The summed E-state index contributed by atoms with van der Waals surface area (Å²) in [7, 11) is 0. The number of carbonyl (C=O) groups excluding carboxylic acids is 1. The van der Waals surface area contributed by atoms with E-state index in [1.54, 1.807) is 0 Å². The molecule has 0 unspecified atom stereocenters. The smallest absolute Gasteiger partial charge is 0.337 e. The highest BCUT2D eigenvalue weighted by atomic mass is 19.4. The van der Waals surface area contributed by atoms with Crippen LogP contribution in [-0.4, -0.2) is 41.9 Å². The standard InChI is InChI=1S/C28H24F6N2O/c29-27(30,31)23-13-11-20(24(19-23)28(32,33)34)12-14-25(37)35-15-17-36(18-16-35)26(21-7-3-1-4-8-21)22-9-5-2-6-10-22/h1-14,19,26H,15-18H2. The Morgan fingerprint density at radius 1 is 0.730 bits per heavy atom. The zero-order chi connectivity index (χ0) is 26.6. The molecule has 9 heteroatoms. The van der Waals surface area contributed by atoms with E-state index in [0.29, 0.717) is 32.2 Å². The summed E-state index contributed by atoms with van der Waals surface area (Å²) in [4.78, 5) is 16.5. The van der Waals surface area contributed by atoms with E-state index in [2.05, 4.69) is 4.90 Å². The largest absolute Gasteiger partial charge is 0.417 e. The molecule has 1 aliphatic heterocycles. The van der Waals surface area contributed by atoms with Gasteiger partial charge in [-0.05, 0) is 34.9 Å². The van der Waals surface area contributed by atoms with Gasteiger partial charge in [-0.2, -0.15) is 26.3 Å². The van der Waals surface area contributed by atoms with Gasteiger partial charge >= 0.3 is 12.4 Å². The van der Waals surface area contributed by atoms with Crippen molar-refractivity contribution in [1.29, 1.82) is 0 Å². The summed E-state index contributed by atoms with van der Waals surface area (Å²) in [6.45, 7) is 1.81. The number of hydrogen-bond acceptors (Lipinski definition) is 2. The molecule has 0 atom stereocenters. The molecule has 1 amide bonds. The first-order chi connectivity index (χ1) is 17.5. The predicted octanol–water partition coefficient (Wildman–Crippen LogP) is 6.67. The van der Waals surface area contributed by atoms with Crippen molar-refractivity contribution in [3.8, 4) is 0 Å². The Morgan fingerprint density at radius 2 is 1.27 bits per heavy atom. The van der Waals surface area contributed by atoms with Gasteiger partial charge in [-0.25, -0.2) is 0 Å². The van der Waals surface area contributed by atoms with Crippen LogP contribution in [0, 0.1) is 0 Å². The monoisotopic (exact) mass is 518 g/mol. The second-order valence-corrected chi connectivity index (χ2v) is 8.72. The summed E-state index contributed by atoms with van der Waals surface area (Å²) in [6, 6.07) is 21.3. The second-order valence-electron chi connectivity index (χ2n) is 8.72. The molecule has 4 rings (SSSR count). The van der Waals surface area contributed by atoms with E-state index in [1.807, 2.05) is 60.7 Å². The van der Waals surface area contributed by atoms with Gasteiger partial charge in [0.15, 0.2) is 0 Å². The lowest BCUT2D eigenvalue weighted by molar-refractivity contribution is -0.143. The summed E-state index contributed by atoms with van der Waals surface area (Å²) in [5.41, 5.74) is -1.12. The van der Waals surface area contributed by atoms with Crippen LogP contribution in [0.15, 0.2) is 84.9 Å². The number of nitrogens with zero attached hydrogens (tertiary/aromatic N) is 2. The van der Waals surface area contributed by atoms with Gasteiger partial charge in [-0.1, -0.05) is 66.7 Å². The predicted molar refractivity (Wildman–Crippen MR) is 128 cm³/mol. The molecule has 1 heterocycles. The van der Waals surface area contributed by atoms with Crippen LogP contribution in [0.5, 0.6) is 0 Å². The van der Waals surface area contributed by atoms with Crippen molar-refractivity contribution in [3.05, 3.63) is 113 Å². The zero-order valence-corrected chi connectivity index (χ0v) is 19.6. The van der Waals surface area contributed by atoms with Crippen LogP contribution >= 0.6 is 0 Å². The average Bonchev–Trinajstić information content (AvgIpc) is 2.88. The number of rotatable bonds is 5. The van der Waals surface area contributed by atoms with Crippen LogP contribution in [0.2, 0.25) is 0 Å². The maximum atomic E-state index is 13.4. The second kappa shape index (κ2) is 10.8. The molecule has 1 aliphatic rings. The van der Waals surface area contributed by atoms with E-state index in [4.69, 9.17) is 0 Å². The van der Waals surface area contributed by atoms with Gasteiger partial charge in [0, 0.05) is 32.3 Å². The van der Waals surface area contributed by atoms with Crippen molar-refractivity contribution in [2.45, 2.75) is 18.4 Å². The molecule has 0 N–H and O–H groups in total. The summed E-state index contributed by atoms with van der Waals surface area (Å²) in [5.74, 6) is -0.497. The average molecular weight is 519 g/mol. The first-order valence-electron chi connectivity index (χ1n) is 11.6. The molecule has 194 valence electrons. The van der Waals surface area contributed by atoms with E-state index >= 15 is 0 Å². The van der Waals surface area contributed by atoms with Crippen LogP contribution in [0.4, 0.5) is 26.3 Å². The fraction of sp³-hybridized carbons (Fsp3) is 0.250. The number of carbonyl (C=O) groups is 1. The number of halogens is 6. The first-order valence-corrected chi connectivity index (χ1v) is 11.6. The van der Waals surface area contributed by atoms with Gasteiger partial charge in [0.05, 0.1) is 17.2 Å². The van der Waals surface area contributed by atoms with Crippen molar-refractivity contribution >= 4 is 12.0 Å². The Balaban J connectivity index is 1.47. The van der Waals surface area contributed by atoms with Crippen molar-refractivity contribution in [2.75, 3.05) is 26.2 Å². The van der Waals surface area contributed by atoms with Gasteiger partial charge < -0.3 is 4.90 Å². The lowest BCUT2D eigenvalue weighted by Crippen LogP contribution is -2.49. The summed E-state index contributed by atoms with van der Waals surface area (Å²) >= 11 is 0. The van der Waals surface area contributed by atoms with Gasteiger partial charge in [-0.15, -0.1) is 0 Å². The minimum atomic E-state index is -5.00. The molecule has 0 bridgehead atoms. The van der Waals surface area contributed by atoms with Crippen molar-refractivity contribution in [3.63, 3.8) is 0 Å². The third-order valence-electron chi connectivity index (χ3n) is 6.31. The summed E-state index contributed by atoms with van der Waals surface area (Å²) in [6.07, 6.45) is -8.00. The van der Waals surface area contributed by atoms with Gasteiger partial charge in [0.25, 0.3) is 0 Å². The van der Waals surface area contributed by atoms with E-state index in [9.17, 15) is 31.1 Å². The Kier molecular flexibility index (Phi) is 7.73. The molecule has 0 radical (unpaired) electrons. The Bertz CT molecular complexity index is 1190. The summed E-state index contributed by atoms with van der Waals surface area (Å²) < 4.78 is 78.9. The molecule has 0 aliphatic carbocycles. The third kappa shape index (κ3) is 6.40. The molecule has 1 saturated heterocycles. The van der Waals surface area contributed by atoms with E-state index in [-0.39, 0.29) is 12.1 Å². The third-order valence-corrected chi connectivity index (χ3v) is 6.31. The molecule has 3 aromatic rings. The highest BCUT2D eigenvalue weighted by molar-refractivity contribution is 5.92. The molecular weight excluding hydrogens is 494 g/mol. The molecule has 0 spiro atoms. The van der Waals surface area contributed by atoms with Crippen LogP contribution in [-0.2, 0) is 17.1 Å². The van der Waals surface area contributed by atoms with Gasteiger partial charge in [-0.3, -0.25) is 9.69 Å². The maximum absolute atomic E-state index is 13.4. The number of piperazine rings is 1. The highest BCUT2D eigenvalue weighted by Gasteiger charge is 2.37. The number of alkyl halides is 6. The SMILES string of the molecule is O=C(C=Cc1ccc(C(F)(F)F)cc1C(F)(F)F)N1CCN(C(c2ccccc2)c2ccccc2)CC1. The molecule has 1 fully saturated rings. The Hall–Kier alpha value is -3.59. The Labute approximate surface area is 210 Å². The van der Waals surface area contributed by atoms with Crippen LogP contribution < -0.4 is 0 Å². The van der Waals surface area contributed by atoms with Crippen molar-refractivity contribution in [2.24, 2.45) is 0 Å². The lowest BCUT2D eigenvalue weighted by atomic mass is 9.96. The van der Waals surface area contributed by atoms with E-state index < -0.39 is 35.0 Å². The lowest BCUT2D eigenvalue weighted by Gasteiger charge is -2.39. The fourth-order valence-electron chi connectivity index (χ4n) is 4.48. The Morgan fingerprint density at radius 3 is 1.76 bits per heavy atom. The van der Waals surface area contributed by atoms with E-state index in [0.717, 1.165) is 29.3 Å². The van der Waals surface area contributed by atoms with Gasteiger partial charge in [0.2, 0.25) is 5.91 Å². The number of amides is 1. The molecule has 0 aromatic heterocycles. The quantitative estimate of drug-likeness (QED) is 0.278. The molecule has 0 saturated carbocycles. The normalized spacial score (nSPS) is 15.5. The van der Waals surface area contributed by atoms with E-state index in [1.165, 1.54) is 4.90 Å². The summed E-state index contributed by atoms with van der Waals surface area (Å²) in [5, 5.41) is 0. The fourth-order valence-corrected chi connectivity index (χ4v) is 4.48.